The van der Waals surface area contributed by atoms with E-state index >= 15 is 0 Å². The molecule has 0 fully saturated rings. The van der Waals surface area contributed by atoms with Crippen molar-refractivity contribution in [2.45, 2.75) is 13.3 Å². The van der Waals surface area contributed by atoms with Crippen molar-refractivity contribution in [3.05, 3.63) is 34.5 Å². The number of aryl methyl sites for hydroxylation is 1. The number of hydrogen-bond acceptors (Lipinski definition) is 5. The Morgan fingerprint density at radius 1 is 1.58 bits per heavy atom. The lowest BCUT2D eigenvalue weighted by molar-refractivity contribution is 0.0596. The highest BCUT2D eigenvalue weighted by molar-refractivity contribution is 9.10. The molecule has 0 radical (unpaired) electrons. The first-order valence-corrected chi connectivity index (χ1v) is 6.44. The molecule has 0 aliphatic carbocycles. The summed E-state index contributed by atoms with van der Waals surface area (Å²) < 4.78 is 7.17. The summed E-state index contributed by atoms with van der Waals surface area (Å²) in [4.78, 5) is 19.9. The van der Waals surface area contributed by atoms with Crippen LogP contribution in [0.4, 0.5) is 5.82 Å². The third-order valence-corrected chi connectivity index (χ3v) is 3.28. The van der Waals surface area contributed by atoms with Crippen molar-refractivity contribution in [1.29, 1.82) is 0 Å². The molecular weight excluding hydrogens is 312 g/mol. The van der Waals surface area contributed by atoms with Gasteiger partial charge in [0.25, 0.3) is 0 Å². The zero-order valence-electron chi connectivity index (χ0n) is 10.6. The number of imidazole rings is 1. The van der Waals surface area contributed by atoms with Crippen LogP contribution in [0.3, 0.4) is 0 Å². The van der Waals surface area contributed by atoms with Gasteiger partial charge in [0.05, 0.1) is 17.3 Å². The third-order valence-electron chi connectivity index (χ3n) is 2.67. The molecule has 2 aromatic rings. The molecule has 0 spiro atoms. The van der Waals surface area contributed by atoms with Crippen molar-refractivity contribution < 1.29 is 9.53 Å². The van der Waals surface area contributed by atoms with Crippen molar-refractivity contribution in [2.24, 2.45) is 0 Å². The number of esters is 1. The minimum atomic E-state index is -0.545. The van der Waals surface area contributed by atoms with Gasteiger partial charge in [0.2, 0.25) is 0 Å². The van der Waals surface area contributed by atoms with Crippen LogP contribution in [0.2, 0.25) is 0 Å². The molecule has 19 heavy (non-hydrogen) atoms. The van der Waals surface area contributed by atoms with Crippen molar-refractivity contribution in [2.75, 3.05) is 12.8 Å². The summed E-state index contributed by atoms with van der Waals surface area (Å²) in [5, 5.41) is 0. The normalized spacial score (nSPS) is 10.5. The van der Waals surface area contributed by atoms with E-state index in [4.69, 9.17) is 5.73 Å². The molecule has 0 amide bonds. The molecule has 0 aliphatic rings. The average molecular weight is 325 g/mol. The van der Waals surface area contributed by atoms with Crippen molar-refractivity contribution in [3.8, 4) is 5.69 Å². The second-order valence-electron chi connectivity index (χ2n) is 3.77. The fourth-order valence-electron chi connectivity index (χ4n) is 1.78. The van der Waals surface area contributed by atoms with Gasteiger partial charge in [-0.2, -0.15) is 0 Å². The van der Waals surface area contributed by atoms with Crippen molar-refractivity contribution in [1.82, 2.24) is 14.5 Å². The van der Waals surface area contributed by atoms with Gasteiger partial charge in [-0.1, -0.05) is 6.92 Å². The number of methoxy groups -OCH3 is 1. The average Bonchev–Trinajstić information content (AvgIpc) is 2.75. The molecule has 7 heteroatoms. The molecule has 2 aromatic heterocycles. The lowest BCUT2D eigenvalue weighted by atomic mass is 10.3. The van der Waals surface area contributed by atoms with Crippen LogP contribution in [0.1, 0.15) is 23.2 Å². The predicted octanol–water partition coefficient (Wildman–Crippen LogP) is 1.96. The number of ether oxygens (including phenoxy) is 1. The van der Waals surface area contributed by atoms with Gasteiger partial charge in [-0.05, 0) is 22.0 Å². The number of nitrogens with two attached hydrogens (primary N) is 1. The Kier molecular flexibility index (Phi) is 3.84. The first-order chi connectivity index (χ1) is 9.10. The van der Waals surface area contributed by atoms with E-state index in [-0.39, 0.29) is 11.5 Å². The highest BCUT2D eigenvalue weighted by Crippen LogP contribution is 2.26. The van der Waals surface area contributed by atoms with Gasteiger partial charge in [-0.25, -0.2) is 9.78 Å². The summed E-state index contributed by atoms with van der Waals surface area (Å²) in [6.07, 6.45) is 3.94. The zero-order valence-corrected chi connectivity index (χ0v) is 12.1. The molecule has 2 N–H and O–H groups in total. The lowest BCUT2D eigenvalue weighted by Gasteiger charge is -2.10. The van der Waals surface area contributed by atoms with Crippen LogP contribution >= 0.6 is 15.9 Å². The highest BCUT2D eigenvalue weighted by atomic mass is 79.9. The van der Waals surface area contributed by atoms with E-state index in [1.165, 1.54) is 7.11 Å². The molecule has 0 aromatic carbocycles. The SMILES string of the molecule is CCc1nc(C(=O)OC)c(N)n1-c1ccncc1Br. The van der Waals surface area contributed by atoms with E-state index in [0.717, 1.165) is 10.2 Å². The molecule has 0 bridgehead atoms. The van der Waals surface area contributed by atoms with Gasteiger partial charge in [0.1, 0.15) is 11.6 Å². The Morgan fingerprint density at radius 3 is 2.89 bits per heavy atom. The molecule has 0 unspecified atom stereocenters. The van der Waals surface area contributed by atoms with Crippen LogP contribution in [-0.2, 0) is 11.2 Å². The lowest BCUT2D eigenvalue weighted by Crippen LogP contribution is -2.08. The molecule has 0 saturated heterocycles. The monoisotopic (exact) mass is 324 g/mol. The predicted molar refractivity (Wildman–Crippen MR) is 74.2 cm³/mol. The van der Waals surface area contributed by atoms with Gasteiger partial charge in [0.15, 0.2) is 5.69 Å². The Labute approximate surface area is 118 Å². The van der Waals surface area contributed by atoms with Gasteiger partial charge >= 0.3 is 5.97 Å². The number of anilines is 1. The second kappa shape index (κ2) is 5.40. The Hall–Kier alpha value is -1.89. The molecule has 0 atom stereocenters. The maximum Gasteiger partial charge on any atom is 0.360 e. The van der Waals surface area contributed by atoms with Crippen LogP contribution in [0.5, 0.6) is 0 Å². The van der Waals surface area contributed by atoms with Crippen LogP contribution in [-0.4, -0.2) is 27.6 Å². The van der Waals surface area contributed by atoms with E-state index < -0.39 is 5.97 Å². The Balaban J connectivity index is 2.66. The quantitative estimate of drug-likeness (QED) is 0.872. The Bertz CT molecular complexity index is 624. The van der Waals surface area contributed by atoms with E-state index in [2.05, 4.69) is 30.6 Å². The molecule has 6 nitrogen and oxygen atoms in total. The number of pyridine rings is 1. The number of halogens is 1. The summed E-state index contributed by atoms with van der Waals surface area (Å²) in [5.41, 5.74) is 6.93. The first kappa shape index (κ1) is 13.5. The zero-order chi connectivity index (χ0) is 14.0. The summed E-state index contributed by atoms with van der Waals surface area (Å²) in [5.74, 6) is 0.400. The van der Waals surface area contributed by atoms with Crippen LogP contribution in [0.15, 0.2) is 22.9 Å². The first-order valence-electron chi connectivity index (χ1n) is 5.65. The minimum Gasteiger partial charge on any atom is -0.464 e. The summed E-state index contributed by atoms with van der Waals surface area (Å²) >= 11 is 3.41. The number of hydrogen-bond donors (Lipinski definition) is 1. The molecule has 0 saturated carbocycles. The van der Waals surface area contributed by atoms with Gasteiger partial charge in [-0.15, -0.1) is 0 Å². The number of aromatic nitrogens is 3. The molecule has 2 heterocycles. The number of nitrogen functional groups attached to an aromatic ring is 1. The highest BCUT2D eigenvalue weighted by Gasteiger charge is 2.22. The van der Waals surface area contributed by atoms with Crippen molar-refractivity contribution >= 4 is 27.7 Å². The molecule has 100 valence electrons. The number of carbonyl (C=O) groups excluding carboxylic acids is 1. The number of carbonyl (C=O) groups is 1. The van der Waals surface area contributed by atoms with Crippen LogP contribution < -0.4 is 5.73 Å². The molecular formula is C12H13BrN4O2. The largest absolute Gasteiger partial charge is 0.464 e. The number of nitrogens with zero attached hydrogens (tertiary/aromatic N) is 3. The third kappa shape index (κ3) is 2.33. The maximum atomic E-state index is 11.6. The summed E-state index contributed by atoms with van der Waals surface area (Å²) in [6.45, 7) is 1.94. The van der Waals surface area contributed by atoms with Crippen LogP contribution in [0.25, 0.3) is 5.69 Å². The molecule has 2 rings (SSSR count). The van der Waals surface area contributed by atoms with E-state index in [1.54, 1.807) is 23.0 Å². The van der Waals surface area contributed by atoms with Crippen LogP contribution in [0, 0.1) is 0 Å². The van der Waals surface area contributed by atoms with Gasteiger partial charge < -0.3 is 10.5 Å². The van der Waals surface area contributed by atoms with Gasteiger partial charge in [0, 0.05) is 18.8 Å². The number of rotatable bonds is 3. The van der Waals surface area contributed by atoms with E-state index in [1.807, 2.05) is 6.92 Å². The second-order valence-corrected chi connectivity index (χ2v) is 4.62. The summed E-state index contributed by atoms with van der Waals surface area (Å²) in [6, 6.07) is 1.79. The topological polar surface area (TPSA) is 83.0 Å². The van der Waals surface area contributed by atoms with Gasteiger partial charge in [-0.3, -0.25) is 9.55 Å². The standard InChI is InChI=1S/C12H13BrN4O2/c1-3-9-16-10(12(18)19-2)11(14)17(9)8-4-5-15-6-7(8)13/h4-6H,3,14H2,1-2H3. The van der Waals surface area contributed by atoms with E-state index in [0.29, 0.717) is 12.2 Å². The smallest absolute Gasteiger partial charge is 0.360 e. The fraction of sp³-hybridized carbons (Fsp3) is 0.250. The maximum absolute atomic E-state index is 11.6. The summed E-state index contributed by atoms with van der Waals surface area (Å²) in [7, 11) is 1.30. The molecule has 0 aliphatic heterocycles. The Morgan fingerprint density at radius 2 is 2.32 bits per heavy atom. The van der Waals surface area contributed by atoms with Crippen molar-refractivity contribution in [3.63, 3.8) is 0 Å². The van der Waals surface area contributed by atoms with E-state index in [9.17, 15) is 4.79 Å². The fourth-order valence-corrected chi connectivity index (χ4v) is 2.21. The minimum absolute atomic E-state index is 0.128.